The number of ether oxygens (including phenoxy) is 2. The quantitative estimate of drug-likeness (QED) is 0.387. The standard InChI is InChI=1S/C11H20NO5P/c1-9-7-10(11(16-9)8-13-3)17-18(14-4)15-6-5-12-2/h9-11H,5-8H2,1,3-4H3/i3TD. The molecule has 0 amide bonds. The highest BCUT2D eigenvalue weighted by atomic mass is 31.2. The van der Waals surface area contributed by atoms with Crippen molar-refractivity contribution >= 4 is 8.60 Å². The zero-order valence-corrected chi connectivity index (χ0v) is 11.5. The normalized spacial score (nSPS) is 32.4. The predicted octanol–water partition coefficient (Wildman–Crippen LogP) is 2.00. The van der Waals surface area contributed by atoms with Gasteiger partial charge in [0.25, 0.3) is 0 Å². The van der Waals surface area contributed by atoms with Gasteiger partial charge in [-0.25, -0.2) is 6.57 Å². The second-order valence-electron chi connectivity index (χ2n) is 3.82. The lowest BCUT2D eigenvalue weighted by molar-refractivity contribution is -0.0268. The third-order valence-corrected chi connectivity index (χ3v) is 3.55. The molecule has 0 aromatic rings. The van der Waals surface area contributed by atoms with Gasteiger partial charge in [-0.2, -0.15) is 0 Å². The van der Waals surface area contributed by atoms with E-state index in [9.17, 15) is 0 Å². The Morgan fingerprint density at radius 2 is 2.56 bits per heavy atom. The Bertz CT molecular complexity index is 318. The van der Waals surface area contributed by atoms with Crippen molar-refractivity contribution in [2.24, 2.45) is 0 Å². The summed E-state index contributed by atoms with van der Waals surface area (Å²) in [6.45, 7) is 9.24. The molecule has 1 saturated heterocycles. The fraction of sp³-hybridized carbons (Fsp3) is 0.909. The summed E-state index contributed by atoms with van der Waals surface area (Å²) in [4.78, 5) is 3.19. The Balaban J connectivity index is 2.42. The summed E-state index contributed by atoms with van der Waals surface area (Å²) in [5.41, 5.74) is 0. The maximum absolute atomic E-state index is 7.02. The summed E-state index contributed by atoms with van der Waals surface area (Å²) in [7, 11) is -1.38. The van der Waals surface area contributed by atoms with E-state index >= 15 is 0 Å². The van der Waals surface area contributed by atoms with E-state index in [0.29, 0.717) is 6.42 Å². The number of nitrogens with zero attached hydrogens (tertiary/aromatic N) is 1. The predicted molar refractivity (Wildman–Crippen MR) is 67.1 cm³/mol. The minimum Gasteiger partial charge on any atom is -0.382 e. The second kappa shape index (κ2) is 8.76. The molecule has 0 aliphatic carbocycles. The fourth-order valence-corrected chi connectivity index (χ4v) is 2.60. The Hall–Kier alpha value is -0.280. The molecular weight excluding hydrogens is 257 g/mol. The van der Waals surface area contributed by atoms with Crippen molar-refractivity contribution in [1.82, 2.24) is 0 Å². The van der Waals surface area contributed by atoms with E-state index in [0.717, 1.165) is 0 Å². The van der Waals surface area contributed by atoms with E-state index in [1.165, 1.54) is 7.11 Å². The van der Waals surface area contributed by atoms with Crippen LogP contribution in [-0.2, 0) is 23.0 Å². The molecule has 6 nitrogen and oxygen atoms in total. The van der Waals surface area contributed by atoms with Gasteiger partial charge in [-0.15, -0.1) is 0 Å². The van der Waals surface area contributed by atoms with Crippen molar-refractivity contribution < 1.29 is 25.8 Å². The maximum Gasteiger partial charge on any atom is 0.333 e. The molecule has 0 aromatic carbocycles. The van der Waals surface area contributed by atoms with Crippen molar-refractivity contribution in [3.63, 3.8) is 0 Å². The Morgan fingerprint density at radius 1 is 1.72 bits per heavy atom. The van der Waals surface area contributed by atoms with Crippen LogP contribution < -0.4 is 0 Å². The monoisotopic (exact) mass is 280 g/mol. The van der Waals surface area contributed by atoms with Gasteiger partial charge in [-0.05, 0) is 6.92 Å². The summed E-state index contributed by atoms with van der Waals surface area (Å²) >= 11 is 0. The lowest BCUT2D eigenvalue weighted by Gasteiger charge is -2.21. The summed E-state index contributed by atoms with van der Waals surface area (Å²) in [6.07, 6.45) is 0.0827. The molecule has 7 heteroatoms. The highest BCUT2D eigenvalue weighted by Gasteiger charge is 2.36. The van der Waals surface area contributed by atoms with Gasteiger partial charge >= 0.3 is 8.60 Å². The Morgan fingerprint density at radius 3 is 3.22 bits per heavy atom. The molecule has 1 fully saturated rings. The first-order valence-electron chi connectivity index (χ1n) is 6.81. The molecule has 0 bridgehead atoms. The van der Waals surface area contributed by atoms with Crippen molar-refractivity contribution in [2.75, 3.05) is 33.9 Å². The molecule has 18 heavy (non-hydrogen) atoms. The van der Waals surface area contributed by atoms with Crippen LogP contribution in [0, 0.1) is 6.57 Å². The number of hydrogen-bond acceptors (Lipinski definition) is 5. The zero-order chi connectivity index (χ0) is 15.0. The molecule has 0 radical (unpaired) electrons. The van der Waals surface area contributed by atoms with Crippen molar-refractivity contribution in [2.45, 2.75) is 31.7 Å². The number of hydrogen-bond donors (Lipinski definition) is 0. The topological polar surface area (TPSA) is 50.5 Å². The molecular formula is C11H20NO5P. The van der Waals surface area contributed by atoms with E-state index in [4.69, 9.17) is 32.4 Å². The van der Waals surface area contributed by atoms with Crippen LogP contribution in [0.1, 0.15) is 16.1 Å². The van der Waals surface area contributed by atoms with E-state index in [2.05, 4.69) is 4.85 Å². The van der Waals surface area contributed by atoms with Crippen LogP contribution in [0.5, 0.6) is 0 Å². The Labute approximate surface area is 112 Å². The minimum absolute atomic E-state index is 0.0143. The maximum atomic E-state index is 7.02. The summed E-state index contributed by atoms with van der Waals surface area (Å²) in [5, 5.41) is 0. The highest BCUT2D eigenvalue weighted by Crippen LogP contribution is 2.43. The molecule has 1 aliphatic heterocycles. The summed E-state index contributed by atoms with van der Waals surface area (Å²) < 4.78 is 40.8. The molecule has 0 spiro atoms. The highest BCUT2D eigenvalue weighted by molar-refractivity contribution is 7.41. The van der Waals surface area contributed by atoms with Crippen LogP contribution in [0.2, 0.25) is 0 Å². The van der Waals surface area contributed by atoms with Crippen LogP contribution in [0.25, 0.3) is 4.85 Å². The van der Waals surface area contributed by atoms with Crippen molar-refractivity contribution in [3.05, 3.63) is 11.4 Å². The van der Waals surface area contributed by atoms with Gasteiger partial charge in [-0.3, -0.25) is 0 Å². The number of methoxy groups -OCH3 is 1. The third kappa shape index (κ3) is 5.15. The first kappa shape index (κ1) is 12.7. The van der Waals surface area contributed by atoms with Crippen LogP contribution in [-0.4, -0.2) is 52.2 Å². The van der Waals surface area contributed by atoms with Gasteiger partial charge in [0.2, 0.25) is 6.54 Å². The van der Waals surface area contributed by atoms with Gasteiger partial charge < -0.3 is 27.9 Å². The molecule has 1 rings (SSSR count). The lowest BCUT2D eigenvalue weighted by Crippen LogP contribution is -2.27. The van der Waals surface area contributed by atoms with Crippen LogP contribution in [0.3, 0.4) is 0 Å². The fourth-order valence-electron chi connectivity index (χ4n) is 1.67. The van der Waals surface area contributed by atoms with Gasteiger partial charge in [0.05, 0.1) is 21.6 Å². The molecule has 0 N–H and O–H groups in total. The first-order valence-corrected chi connectivity index (χ1v) is 6.75. The van der Waals surface area contributed by atoms with Crippen molar-refractivity contribution in [1.29, 1.82) is 0 Å². The van der Waals surface area contributed by atoms with Crippen molar-refractivity contribution in [3.8, 4) is 0 Å². The zero-order valence-electron chi connectivity index (χ0n) is 12.6. The molecule has 1 heterocycles. The molecule has 0 saturated carbocycles. The van der Waals surface area contributed by atoms with E-state index < -0.39 is 15.7 Å². The first-order chi connectivity index (χ1) is 9.56. The minimum atomic E-state index is -1.53. The second-order valence-corrected chi connectivity index (χ2v) is 5.10. The smallest absolute Gasteiger partial charge is 0.333 e. The summed E-state index contributed by atoms with van der Waals surface area (Å²) in [6, 6.07) is 0. The van der Waals surface area contributed by atoms with E-state index in [-0.39, 0.29) is 38.1 Å². The van der Waals surface area contributed by atoms with Crippen LogP contribution in [0.15, 0.2) is 0 Å². The number of rotatable bonds is 8. The SMILES string of the molecule is [2H]C([3H])OCC1OC(C)CC1OP(OC)OCC[N+]#[C-]. The van der Waals surface area contributed by atoms with Gasteiger partial charge in [-0.1, -0.05) is 0 Å². The van der Waals surface area contributed by atoms with Crippen LogP contribution >= 0.6 is 8.60 Å². The average molecular weight is 280 g/mol. The molecule has 104 valence electrons. The molecule has 5 atom stereocenters. The Kier molecular flexibility index (Phi) is 6.20. The average Bonchev–Trinajstić information content (AvgIpc) is 2.75. The van der Waals surface area contributed by atoms with Gasteiger partial charge in [0.1, 0.15) is 12.7 Å². The van der Waals surface area contributed by atoms with Crippen LogP contribution in [0.4, 0.5) is 0 Å². The van der Waals surface area contributed by atoms with Gasteiger partial charge in [0.15, 0.2) is 0 Å². The van der Waals surface area contributed by atoms with E-state index in [1.807, 2.05) is 6.92 Å². The lowest BCUT2D eigenvalue weighted by atomic mass is 10.1. The van der Waals surface area contributed by atoms with E-state index in [1.54, 1.807) is 0 Å². The molecule has 5 unspecified atom stereocenters. The third-order valence-electron chi connectivity index (χ3n) is 2.42. The molecule has 0 aromatic heterocycles. The van der Waals surface area contributed by atoms with Gasteiger partial charge in [0, 0.05) is 20.6 Å². The molecule has 1 aliphatic rings. The summed E-state index contributed by atoms with van der Waals surface area (Å²) in [5.74, 6) is 0. The largest absolute Gasteiger partial charge is 0.382 e.